The van der Waals surface area contributed by atoms with Crippen LogP contribution in [0.2, 0.25) is 0 Å². The van der Waals surface area contributed by atoms with E-state index < -0.39 is 5.63 Å². The zero-order valence-corrected chi connectivity index (χ0v) is 17.1. The van der Waals surface area contributed by atoms with Gasteiger partial charge in [-0.3, -0.25) is 9.59 Å². The average molecular weight is 418 g/mol. The molecule has 7 nitrogen and oxygen atoms in total. The van der Waals surface area contributed by atoms with E-state index in [0.717, 1.165) is 17.4 Å². The van der Waals surface area contributed by atoms with Crippen molar-refractivity contribution in [3.05, 3.63) is 86.3 Å². The first-order chi connectivity index (χ1) is 15.0. The lowest BCUT2D eigenvalue weighted by Crippen LogP contribution is -2.12. The lowest BCUT2D eigenvalue weighted by Gasteiger charge is -2.08. The molecule has 4 rings (SSSR count). The predicted molar refractivity (Wildman–Crippen MR) is 117 cm³/mol. The van der Waals surface area contributed by atoms with E-state index in [4.69, 9.17) is 9.15 Å². The highest BCUT2D eigenvalue weighted by Gasteiger charge is 2.10. The van der Waals surface area contributed by atoms with E-state index in [1.165, 1.54) is 6.07 Å². The molecule has 0 saturated heterocycles. The zero-order chi connectivity index (χ0) is 21.8. The number of hydrogen-bond acceptors (Lipinski definition) is 6. The molecular weight excluding hydrogens is 396 g/mol. The second-order valence-electron chi connectivity index (χ2n) is 7.32. The Morgan fingerprint density at radius 2 is 1.94 bits per heavy atom. The molecule has 4 aromatic rings. The third-order valence-corrected chi connectivity index (χ3v) is 5.15. The Labute approximate surface area is 177 Å². The van der Waals surface area contributed by atoms with Crippen LogP contribution in [0.1, 0.15) is 36.7 Å². The van der Waals surface area contributed by atoms with Crippen LogP contribution in [0.4, 0.5) is 0 Å². The number of carbonyl (C=O) groups excluding carboxylic acids is 1. The van der Waals surface area contributed by atoms with Crippen molar-refractivity contribution in [2.45, 2.75) is 39.2 Å². The molecule has 0 spiro atoms. The first-order valence-electron chi connectivity index (χ1n) is 10.2. The summed E-state index contributed by atoms with van der Waals surface area (Å²) >= 11 is 0. The number of rotatable bonds is 7. The highest BCUT2D eigenvalue weighted by molar-refractivity contribution is 5.81. The summed E-state index contributed by atoms with van der Waals surface area (Å²) in [6, 6.07) is 14.1. The van der Waals surface area contributed by atoms with Crippen molar-refractivity contribution >= 4 is 27.8 Å². The summed E-state index contributed by atoms with van der Waals surface area (Å²) in [4.78, 5) is 43.3. The third kappa shape index (κ3) is 4.71. The van der Waals surface area contributed by atoms with Crippen LogP contribution in [0.25, 0.3) is 21.9 Å². The van der Waals surface area contributed by atoms with Crippen molar-refractivity contribution in [2.24, 2.45) is 0 Å². The van der Waals surface area contributed by atoms with E-state index >= 15 is 0 Å². The zero-order valence-electron chi connectivity index (χ0n) is 17.1. The summed E-state index contributed by atoms with van der Waals surface area (Å²) in [7, 11) is 0. The van der Waals surface area contributed by atoms with Crippen LogP contribution in [-0.4, -0.2) is 15.9 Å². The van der Waals surface area contributed by atoms with E-state index in [-0.39, 0.29) is 24.6 Å². The Hall–Kier alpha value is -3.74. The summed E-state index contributed by atoms with van der Waals surface area (Å²) in [6.45, 7) is 2.02. The molecule has 0 bridgehead atoms. The second-order valence-corrected chi connectivity index (χ2v) is 7.32. The molecule has 158 valence electrons. The molecule has 0 atom stereocenters. The van der Waals surface area contributed by atoms with Crippen LogP contribution in [0, 0.1) is 0 Å². The number of benzene rings is 2. The van der Waals surface area contributed by atoms with E-state index in [0.29, 0.717) is 40.7 Å². The molecule has 31 heavy (non-hydrogen) atoms. The van der Waals surface area contributed by atoms with Gasteiger partial charge in [0.1, 0.15) is 18.0 Å². The van der Waals surface area contributed by atoms with Gasteiger partial charge in [-0.05, 0) is 36.6 Å². The Kier molecular flexibility index (Phi) is 5.93. The van der Waals surface area contributed by atoms with Crippen LogP contribution < -0.4 is 11.2 Å². The van der Waals surface area contributed by atoms with Gasteiger partial charge >= 0.3 is 11.6 Å². The van der Waals surface area contributed by atoms with Crippen LogP contribution in [0.15, 0.2) is 62.5 Å². The van der Waals surface area contributed by atoms with Crippen molar-refractivity contribution in [1.29, 1.82) is 0 Å². The molecular formula is C24H22N2O5. The quantitative estimate of drug-likeness (QED) is 0.363. The van der Waals surface area contributed by atoms with Gasteiger partial charge in [-0.15, -0.1) is 0 Å². The monoisotopic (exact) mass is 418 g/mol. The number of aryl methyl sites for hydroxylation is 2. The number of hydrogen-bond donors (Lipinski definition) is 1. The number of H-pyrrole nitrogens is 1. The number of para-hydroxylation sites is 1. The van der Waals surface area contributed by atoms with Crippen LogP contribution in [-0.2, 0) is 29.0 Å². The maximum atomic E-state index is 12.2. The summed E-state index contributed by atoms with van der Waals surface area (Å²) in [5, 5.41) is 1.29. The van der Waals surface area contributed by atoms with Crippen molar-refractivity contribution < 1.29 is 13.9 Å². The topological polar surface area (TPSA) is 102 Å². The lowest BCUT2D eigenvalue weighted by molar-refractivity contribution is -0.145. The van der Waals surface area contributed by atoms with Gasteiger partial charge in [0, 0.05) is 29.9 Å². The minimum Gasteiger partial charge on any atom is -0.461 e. The minimum absolute atomic E-state index is 0.00252. The summed E-state index contributed by atoms with van der Waals surface area (Å²) < 4.78 is 10.6. The predicted octanol–water partition coefficient (Wildman–Crippen LogP) is 3.66. The fourth-order valence-electron chi connectivity index (χ4n) is 3.50. The normalized spacial score (nSPS) is 11.1. The molecule has 2 heterocycles. The summed E-state index contributed by atoms with van der Waals surface area (Å²) in [5.41, 5.74) is 2.13. The SMILES string of the molecule is CCc1ccc2c(COC(=O)CCCc3nc4ccccc4c(=O)[nH]3)cc(=O)oc2c1. The average Bonchev–Trinajstić information content (AvgIpc) is 2.77. The van der Waals surface area contributed by atoms with Crippen LogP contribution in [0.5, 0.6) is 0 Å². The Bertz CT molecular complexity index is 1370. The van der Waals surface area contributed by atoms with Crippen LogP contribution >= 0.6 is 0 Å². The number of aromatic nitrogens is 2. The van der Waals surface area contributed by atoms with Gasteiger partial charge in [0.2, 0.25) is 0 Å². The molecule has 0 aliphatic carbocycles. The van der Waals surface area contributed by atoms with Gasteiger partial charge in [0.05, 0.1) is 10.9 Å². The molecule has 0 unspecified atom stereocenters. The number of ether oxygens (including phenoxy) is 1. The van der Waals surface area contributed by atoms with Gasteiger partial charge in [-0.2, -0.15) is 0 Å². The molecule has 1 N–H and O–H groups in total. The highest BCUT2D eigenvalue weighted by atomic mass is 16.5. The van der Waals surface area contributed by atoms with Gasteiger partial charge in [0.25, 0.3) is 5.56 Å². The largest absolute Gasteiger partial charge is 0.461 e. The van der Waals surface area contributed by atoms with Gasteiger partial charge < -0.3 is 14.1 Å². The van der Waals surface area contributed by atoms with Gasteiger partial charge in [-0.1, -0.05) is 31.2 Å². The molecule has 2 aromatic heterocycles. The number of nitrogens with one attached hydrogen (secondary N) is 1. The number of nitrogens with zero attached hydrogens (tertiary/aromatic N) is 1. The Morgan fingerprint density at radius 3 is 2.77 bits per heavy atom. The highest BCUT2D eigenvalue weighted by Crippen LogP contribution is 2.20. The first kappa shape index (κ1) is 20.5. The Morgan fingerprint density at radius 1 is 1.10 bits per heavy atom. The molecule has 0 aliphatic heterocycles. The number of aromatic amines is 1. The molecule has 7 heteroatoms. The number of esters is 1. The first-order valence-corrected chi connectivity index (χ1v) is 10.2. The van der Waals surface area contributed by atoms with E-state index in [1.54, 1.807) is 18.2 Å². The van der Waals surface area contributed by atoms with Crippen molar-refractivity contribution in [1.82, 2.24) is 9.97 Å². The van der Waals surface area contributed by atoms with Crippen molar-refractivity contribution in [3.63, 3.8) is 0 Å². The van der Waals surface area contributed by atoms with Crippen LogP contribution in [0.3, 0.4) is 0 Å². The van der Waals surface area contributed by atoms with Crippen molar-refractivity contribution in [2.75, 3.05) is 0 Å². The van der Waals surface area contributed by atoms with E-state index in [9.17, 15) is 14.4 Å². The molecule has 0 amide bonds. The maximum Gasteiger partial charge on any atom is 0.336 e. The summed E-state index contributed by atoms with van der Waals surface area (Å²) in [5.74, 6) is 0.157. The minimum atomic E-state index is -0.474. The second kappa shape index (κ2) is 8.95. The summed E-state index contributed by atoms with van der Waals surface area (Å²) in [6.07, 6.45) is 1.94. The molecule has 2 aromatic carbocycles. The van der Waals surface area contributed by atoms with E-state index in [2.05, 4.69) is 9.97 Å². The lowest BCUT2D eigenvalue weighted by atomic mass is 10.1. The van der Waals surface area contributed by atoms with Gasteiger partial charge in [0.15, 0.2) is 0 Å². The standard InChI is InChI=1S/C24H22N2O5/c1-2-15-10-11-17-16(13-23(28)31-20(17)12-15)14-30-22(27)9-5-8-21-25-19-7-4-3-6-18(19)24(29)26-21/h3-4,6-7,10-13H,2,5,8-9,14H2,1H3,(H,25,26,29). The molecule has 0 radical (unpaired) electrons. The number of carbonyl (C=O) groups is 1. The van der Waals surface area contributed by atoms with Gasteiger partial charge in [-0.25, -0.2) is 9.78 Å². The third-order valence-electron chi connectivity index (χ3n) is 5.15. The Balaban J connectivity index is 1.37. The molecule has 0 fully saturated rings. The maximum absolute atomic E-state index is 12.2. The van der Waals surface area contributed by atoms with Crippen molar-refractivity contribution in [3.8, 4) is 0 Å². The smallest absolute Gasteiger partial charge is 0.336 e. The fraction of sp³-hybridized carbons (Fsp3) is 0.250. The van der Waals surface area contributed by atoms with E-state index in [1.807, 2.05) is 31.2 Å². The number of fused-ring (bicyclic) bond motifs is 2. The fourth-order valence-corrected chi connectivity index (χ4v) is 3.50. The molecule has 0 aliphatic rings. The molecule has 0 saturated carbocycles.